The van der Waals surface area contributed by atoms with E-state index in [4.69, 9.17) is 16.0 Å². The molecule has 1 aromatic heterocycles. The lowest BCUT2D eigenvalue weighted by atomic mass is 10.0. The summed E-state index contributed by atoms with van der Waals surface area (Å²) in [5, 5.41) is 4.17. The van der Waals surface area contributed by atoms with Crippen molar-refractivity contribution in [3.05, 3.63) is 59.0 Å². The lowest BCUT2D eigenvalue weighted by Gasteiger charge is -2.22. The zero-order chi connectivity index (χ0) is 14.4. The van der Waals surface area contributed by atoms with E-state index in [1.807, 2.05) is 31.3 Å². The summed E-state index contributed by atoms with van der Waals surface area (Å²) >= 11 is 6.26. The average molecular weight is 293 g/mol. The second kappa shape index (κ2) is 7.48. The summed E-state index contributed by atoms with van der Waals surface area (Å²) in [7, 11) is 4.09. The van der Waals surface area contributed by atoms with Gasteiger partial charge in [-0.05, 0) is 44.8 Å². The number of furan rings is 1. The van der Waals surface area contributed by atoms with Crippen LogP contribution in [0.3, 0.4) is 0 Å². The number of benzene rings is 1. The van der Waals surface area contributed by atoms with Gasteiger partial charge < -0.3 is 14.6 Å². The van der Waals surface area contributed by atoms with E-state index in [0.29, 0.717) is 0 Å². The van der Waals surface area contributed by atoms with Crippen molar-refractivity contribution in [3.63, 3.8) is 0 Å². The van der Waals surface area contributed by atoms with Crippen LogP contribution in [-0.2, 0) is 6.54 Å². The molecule has 0 fully saturated rings. The van der Waals surface area contributed by atoms with Gasteiger partial charge in [0.2, 0.25) is 0 Å². The SMILES string of the molecule is CNC(CCN(C)Cc1ccoc1)c1ccccc1Cl. The molecule has 0 saturated heterocycles. The van der Waals surface area contributed by atoms with E-state index >= 15 is 0 Å². The Hall–Kier alpha value is -1.29. The molecule has 2 aromatic rings. The Morgan fingerprint density at radius 2 is 2.10 bits per heavy atom. The predicted octanol–water partition coefficient (Wildman–Crippen LogP) is 3.72. The fourth-order valence-corrected chi connectivity index (χ4v) is 2.60. The van der Waals surface area contributed by atoms with Crippen molar-refractivity contribution < 1.29 is 4.42 Å². The molecule has 0 bridgehead atoms. The van der Waals surface area contributed by atoms with Crippen LogP contribution in [0.4, 0.5) is 0 Å². The molecule has 20 heavy (non-hydrogen) atoms. The molecule has 0 spiro atoms. The van der Waals surface area contributed by atoms with Gasteiger partial charge in [0, 0.05) is 23.2 Å². The Morgan fingerprint density at radius 1 is 1.30 bits per heavy atom. The highest BCUT2D eigenvalue weighted by Gasteiger charge is 2.13. The maximum Gasteiger partial charge on any atom is 0.0947 e. The van der Waals surface area contributed by atoms with E-state index in [0.717, 1.165) is 30.1 Å². The van der Waals surface area contributed by atoms with Crippen LogP contribution >= 0.6 is 11.6 Å². The summed E-state index contributed by atoms with van der Waals surface area (Å²) < 4.78 is 5.09. The van der Waals surface area contributed by atoms with E-state index in [9.17, 15) is 0 Å². The molecule has 1 unspecified atom stereocenters. The number of hydrogen-bond donors (Lipinski definition) is 1. The lowest BCUT2D eigenvalue weighted by molar-refractivity contribution is 0.303. The quantitative estimate of drug-likeness (QED) is 0.843. The average Bonchev–Trinajstić information content (AvgIpc) is 2.94. The van der Waals surface area contributed by atoms with Crippen molar-refractivity contribution in [3.8, 4) is 0 Å². The number of nitrogens with zero attached hydrogens (tertiary/aromatic N) is 1. The third-order valence-corrected chi connectivity index (χ3v) is 3.81. The maximum atomic E-state index is 6.26. The van der Waals surface area contributed by atoms with Gasteiger partial charge in [0.1, 0.15) is 0 Å². The Balaban J connectivity index is 1.89. The third-order valence-electron chi connectivity index (χ3n) is 3.46. The fraction of sp³-hybridized carbons (Fsp3) is 0.375. The van der Waals surface area contributed by atoms with Gasteiger partial charge in [-0.3, -0.25) is 0 Å². The molecule has 1 atom stereocenters. The van der Waals surface area contributed by atoms with Gasteiger partial charge in [-0.1, -0.05) is 29.8 Å². The first-order chi connectivity index (χ1) is 9.70. The molecule has 0 saturated carbocycles. The molecule has 2 rings (SSSR count). The minimum absolute atomic E-state index is 0.274. The van der Waals surface area contributed by atoms with Gasteiger partial charge >= 0.3 is 0 Å². The van der Waals surface area contributed by atoms with Crippen LogP contribution in [0.1, 0.15) is 23.6 Å². The number of nitrogens with one attached hydrogen (secondary N) is 1. The van der Waals surface area contributed by atoms with E-state index in [1.54, 1.807) is 12.5 Å². The van der Waals surface area contributed by atoms with E-state index < -0.39 is 0 Å². The second-order valence-corrected chi connectivity index (χ2v) is 5.43. The Kier molecular flexibility index (Phi) is 5.65. The zero-order valence-electron chi connectivity index (χ0n) is 12.0. The second-order valence-electron chi connectivity index (χ2n) is 5.02. The van der Waals surface area contributed by atoms with E-state index in [-0.39, 0.29) is 6.04 Å². The topological polar surface area (TPSA) is 28.4 Å². The molecule has 108 valence electrons. The van der Waals surface area contributed by atoms with Gasteiger partial charge in [0.05, 0.1) is 12.5 Å². The fourth-order valence-electron chi connectivity index (χ4n) is 2.34. The molecule has 0 aliphatic heterocycles. The molecular formula is C16H21ClN2O. The molecule has 0 amide bonds. The van der Waals surface area contributed by atoms with Crippen molar-refractivity contribution in [1.29, 1.82) is 0 Å². The van der Waals surface area contributed by atoms with Crippen molar-refractivity contribution in [2.24, 2.45) is 0 Å². The summed E-state index contributed by atoms with van der Waals surface area (Å²) in [6.07, 6.45) is 4.51. The molecule has 0 aliphatic rings. The van der Waals surface area contributed by atoms with Crippen molar-refractivity contribution >= 4 is 11.6 Å². The van der Waals surface area contributed by atoms with Crippen LogP contribution in [0.25, 0.3) is 0 Å². The molecule has 0 aliphatic carbocycles. The van der Waals surface area contributed by atoms with Crippen molar-refractivity contribution in [1.82, 2.24) is 10.2 Å². The number of rotatable bonds is 7. The summed E-state index contributed by atoms with van der Waals surface area (Å²) in [4.78, 5) is 2.28. The number of hydrogen-bond acceptors (Lipinski definition) is 3. The number of halogens is 1. The molecule has 0 radical (unpaired) electrons. The van der Waals surface area contributed by atoms with Gasteiger partial charge in [0.15, 0.2) is 0 Å². The minimum atomic E-state index is 0.274. The van der Waals surface area contributed by atoms with Crippen molar-refractivity contribution in [2.45, 2.75) is 19.0 Å². The van der Waals surface area contributed by atoms with E-state index in [1.165, 1.54) is 5.56 Å². The molecule has 1 N–H and O–H groups in total. The smallest absolute Gasteiger partial charge is 0.0947 e. The highest BCUT2D eigenvalue weighted by Crippen LogP contribution is 2.24. The van der Waals surface area contributed by atoms with Crippen LogP contribution in [0, 0.1) is 0 Å². The molecule has 4 heteroatoms. The summed E-state index contributed by atoms with van der Waals surface area (Å²) in [6.45, 7) is 1.89. The van der Waals surface area contributed by atoms with Gasteiger partial charge in [-0.2, -0.15) is 0 Å². The van der Waals surface area contributed by atoms with Crippen LogP contribution in [0.5, 0.6) is 0 Å². The summed E-state index contributed by atoms with van der Waals surface area (Å²) in [5.74, 6) is 0. The third kappa shape index (κ3) is 4.10. The zero-order valence-corrected chi connectivity index (χ0v) is 12.7. The van der Waals surface area contributed by atoms with Gasteiger partial charge in [-0.15, -0.1) is 0 Å². The van der Waals surface area contributed by atoms with E-state index in [2.05, 4.69) is 23.3 Å². The van der Waals surface area contributed by atoms with Crippen LogP contribution in [-0.4, -0.2) is 25.5 Å². The summed E-state index contributed by atoms with van der Waals surface area (Å²) in [5.41, 5.74) is 2.36. The minimum Gasteiger partial charge on any atom is -0.472 e. The molecular weight excluding hydrogens is 272 g/mol. The monoisotopic (exact) mass is 292 g/mol. The standard InChI is InChI=1S/C16H21ClN2O/c1-18-16(14-5-3-4-6-15(14)17)7-9-19(2)11-13-8-10-20-12-13/h3-6,8,10,12,16,18H,7,9,11H2,1-2H3. The van der Waals surface area contributed by atoms with Crippen molar-refractivity contribution in [2.75, 3.05) is 20.6 Å². The van der Waals surface area contributed by atoms with Crippen LogP contribution in [0.15, 0.2) is 47.3 Å². The normalized spacial score (nSPS) is 12.8. The lowest BCUT2D eigenvalue weighted by Crippen LogP contribution is -2.25. The Morgan fingerprint density at radius 3 is 2.75 bits per heavy atom. The molecule has 1 heterocycles. The maximum absolute atomic E-state index is 6.26. The predicted molar refractivity (Wildman–Crippen MR) is 82.9 cm³/mol. The first-order valence-corrected chi connectivity index (χ1v) is 7.20. The Labute approximate surface area is 125 Å². The van der Waals surface area contributed by atoms with Gasteiger partial charge in [-0.25, -0.2) is 0 Å². The van der Waals surface area contributed by atoms with Crippen LogP contribution < -0.4 is 5.32 Å². The van der Waals surface area contributed by atoms with Gasteiger partial charge in [0.25, 0.3) is 0 Å². The highest BCUT2D eigenvalue weighted by molar-refractivity contribution is 6.31. The Bertz CT molecular complexity index is 513. The first kappa shape index (κ1) is 15.1. The molecule has 3 nitrogen and oxygen atoms in total. The molecule has 1 aromatic carbocycles. The summed E-state index contributed by atoms with van der Waals surface area (Å²) in [6, 6.07) is 10.3. The first-order valence-electron chi connectivity index (χ1n) is 6.82. The van der Waals surface area contributed by atoms with Crippen LogP contribution in [0.2, 0.25) is 5.02 Å². The highest BCUT2D eigenvalue weighted by atomic mass is 35.5. The largest absolute Gasteiger partial charge is 0.472 e.